The van der Waals surface area contributed by atoms with Gasteiger partial charge in [-0.3, -0.25) is 4.79 Å². The third kappa shape index (κ3) is 3.88. The molecule has 0 saturated heterocycles. The van der Waals surface area contributed by atoms with Crippen LogP contribution in [0.3, 0.4) is 0 Å². The van der Waals surface area contributed by atoms with Crippen LogP contribution in [0.25, 0.3) is 0 Å². The van der Waals surface area contributed by atoms with Crippen LogP contribution in [0.4, 0.5) is 17.5 Å². The fourth-order valence-corrected chi connectivity index (χ4v) is 3.42. The Kier molecular flexibility index (Phi) is 4.80. The van der Waals surface area contributed by atoms with Crippen LogP contribution < -0.4 is 16.4 Å². The summed E-state index contributed by atoms with van der Waals surface area (Å²) in [5.41, 5.74) is 9.08. The maximum Gasteiger partial charge on any atom is 0.270 e. The number of hydrogen-bond donors (Lipinski definition) is 4. The lowest BCUT2D eigenvalue weighted by atomic mass is 9.88. The number of nitrogen functional groups attached to an aromatic ring is 1. The zero-order chi connectivity index (χ0) is 19.5. The molecular formula is C21H21N5O2. The van der Waals surface area contributed by atoms with Gasteiger partial charge in [-0.25, -0.2) is 4.98 Å². The van der Waals surface area contributed by atoms with E-state index in [4.69, 9.17) is 5.73 Å². The van der Waals surface area contributed by atoms with E-state index in [0.29, 0.717) is 5.69 Å². The molecule has 5 N–H and O–H groups in total. The molecule has 3 aromatic rings. The second kappa shape index (κ2) is 7.56. The number of benzene rings is 2. The van der Waals surface area contributed by atoms with Crippen LogP contribution in [0.2, 0.25) is 0 Å². The number of phenolic OH excluding ortho intramolecular Hbond substituents is 1. The highest BCUT2D eigenvalue weighted by Crippen LogP contribution is 2.25. The van der Waals surface area contributed by atoms with Crippen LogP contribution in [0.5, 0.6) is 5.75 Å². The predicted octanol–water partition coefficient (Wildman–Crippen LogP) is 2.80. The Morgan fingerprint density at radius 1 is 1.07 bits per heavy atom. The van der Waals surface area contributed by atoms with Gasteiger partial charge >= 0.3 is 0 Å². The molecule has 0 fully saturated rings. The maximum absolute atomic E-state index is 12.7. The van der Waals surface area contributed by atoms with Crippen LogP contribution in [0, 0.1) is 0 Å². The average Bonchev–Trinajstić information content (AvgIpc) is 2.69. The normalized spacial score (nSPS) is 15.5. The summed E-state index contributed by atoms with van der Waals surface area (Å²) >= 11 is 0. The number of hydrogen-bond acceptors (Lipinski definition) is 6. The Balaban J connectivity index is 1.49. The molecule has 7 nitrogen and oxygen atoms in total. The van der Waals surface area contributed by atoms with Crippen molar-refractivity contribution in [1.29, 1.82) is 0 Å². The highest BCUT2D eigenvalue weighted by molar-refractivity contribution is 5.93. The predicted molar refractivity (Wildman–Crippen MR) is 108 cm³/mol. The molecule has 1 heterocycles. The van der Waals surface area contributed by atoms with E-state index in [2.05, 4.69) is 32.7 Å². The number of aryl methyl sites for hydroxylation is 1. The quantitative estimate of drug-likeness (QED) is 0.522. The van der Waals surface area contributed by atoms with Gasteiger partial charge < -0.3 is 21.5 Å². The first-order valence-corrected chi connectivity index (χ1v) is 9.16. The number of aromatic hydroxyl groups is 1. The van der Waals surface area contributed by atoms with Gasteiger partial charge in [0.05, 0.1) is 5.69 Å². The first-order chi connectivity index (χ1) is 13.6. The molecule has 1 atom stereocenters. The van der Waals surface area contributed by atoms with Crippen LogP contribution in [-0.2, 0) is 12.8 Å². The van der Waals surface area contributed by atoms with Crippen LogP contribution in [-0.4, -0.2) is 27.0 Å². The number of nitrogens with zero attached hydrogens (tertiary/aromatic N) is 2. The molecule has 1 aromatic heterocycles. The molecule has 0 radical (unpaired) electrons. The molecule has 0 aliphatic heterocycles. The number of para-hydroxylation sites is 2. The molecule has 1 unspecified atom stereocenters. The van der Waals surface area contributed by atoms with Gasteiger partial charge in [0.1, 0.15) is 17.3 Å². The Morgan fingerprint density at radius 3 is 2.64 bits per heavy atom. The third-order valence-corrected chi connectivity index (χ3v) is 4.81. The monoisotopic (exact) mass is 375 g/mol. The maximum atomic E-state index is 12.7. The second-order valence-electron chi connectivity index (χ2n) is 6.83. The molecule has 1 aliphatic rings. The van der Waals surface area contributed by atoms with Gasteiger partial charge in [0.25, 0.3) is 5.91 Å². The van der Waals surface area contributed by atoms with Crippen molar-refractivity contribution in [3.8, 4) is 5.75 Å². The first kappa shape index (κ1) is 17.8. The SMILES string of the molecule is Nc1cc(C(=O)NC2CCc3ccccc3C2)nc(Nc2ccccc2O)n1. The fourth-order valence-electron chi connectivity index (χ4n) is 3.42. The van der Waals surface area contributed by atoms with Crippen molar-refractivity contribution in [2.45, 2.75) is 25.3 Å². The van der Waals surface area contributed by atoms with Crippen molar-refractivity contribution in [2.75, 3.05) is 11.1 Å². The summed E-state index contributed by atoms with van der Waals surface area (Å²) in [5, 5.41) is 15.8. The molecule has 2 aromatic carbocycles. The van der Waals surface area contributed by atoms with E-state index in [9.17, 15) is 9.90 Å². The molecule has 142 valence electrons. The summed E-state index contributed by atoms with van der Waals surface area (Å²) < 4.78 is 0. The zero-order valence-electron chi connectivity index (χ0n) is 15.2. The largest absolute Gasteiger partial charge is 0.506 e. The van der Waals surface area contributed by atoms with Crippen LogP contribution in [0.15, 0.2) is 54.6 Å². The average molecular weight is 375 g/mol. The van der Waals surface area contributed by atoms with Crippen LogP contribution in [0.1, 0.15) is 28.0 Å². The highest BCUT2D eigenvalue weighted by Gasteiger charge is 2.21. The Hall–Kier alpha value is -3.61. The van der Waals surface area contributed by atoms with E-state index in [-0.39, 0.29) is 35.2 Å². The van der Waals surface area contributed by atoms with E-state index >= 15 is 0 Å². The number of aromatic nitrogens is 2. The van der Waals surface area contributed by atoms with E-state index < -0.39 is 0 Å². The van der Waals surface area contributed by atoms with Gasteiger partial charge in [-0.1, -0.05) is 36.4 Å². The van der Waals surface area contributed by atoms with Gasteiger partial charge in [-0.2, -0.15) is 4.98 Å². The number of phenols is 1. The summed E-state index contributed by atoms with van der Waals surface area (Å²) in [7, 11) is 0. The molecule has 7 heteroatoms. The number of nitrogens with two attached hydrogens (primary N) is 1. The van der Waals surface area contributed by atoms with Gasteiger partial charge in [0.15, 0.2) is 0 Å². The van der Waals surface area contributed by atoms with E-state index in [1.807, 2.05) is 12.1 Å². The van der Waals surface area contributed by atoms with Gasteiger partial charge in [-0.05, 0) is 42.5 Å². The van der Waals surface area contributed by atoms with Crippen molar-refractivity contribution in [3.63, 3.8) is 0 Å². The second-order valence-corrected chi connectivity index (χ2v) is 6.83. The summed E-state index contributed by atoms with van der Waals surface area (Å²) in [5.74, 6) is 0.0897. The van der Waals surface area contributed by atoms with E-state index in [1.54, 1.807) is 24.3 Å². The molecule has 28 heavy (non-hydrogen) atoms. The summed E-state index contributed by atoms with van der Waals surface area (Å²) in [4.78, 5) is 21.1. The number of carbonyl (C=O) groups is 1. The van der Waals surface area contributed by atoms with Crippen molar-refractivity contribution < 1.29 is 9.90 Å². The van der Waals surface area contributed by atoms with Crippen molar-refractivity contribution in [1.82, 2.24) is 15.3 Å². The molecule has 4 rings (SSSR count). The molecule has 0 saturated carbocycles. The van der Waals surface area contributed by atoms with Crippen molar-refractivity contribution >= 4 is 23.4 Å². The first-order valence-electron chi connectivity index (χ1n) is 9.16. The fraction of sp³-hybridized carbons (Fsp3) is 0.190. The van der Waals surface area contributed by atoms with E-state index in [0.717, 1.165) is 19.3 Å². The van der Waals surface area contributed by atoms with Gasteiger partial charge in [-0.15, -0.1) is 0 Å². The minimum Gasteiger partial charge on any atom is -0.506 e. The molecule has 0 spiro atoms. The molecule has 0 bridgehead atoms. The molecule has 1 amide bonds. The summed E-state index contributed by atoms with van der Waals surface area (Å²) in [6, 6.07) is 16.5. The standard InChI is InChI=1S/C21H21N5O2/c22-19-12-17(25-21(26-19)24-16-7-3-4-8-18(16)27)20(28)23-15-10-9-13-5-1-2-6-14(13)11-15/h1-8,12,15,27H,9-11H2,(H,23,28)(H3,22,24,25,26). The Bertz CT molecular complexity index is 1020. The number of carbonyl (C=O) groups excluding carboxylic acids is 1. The lowest BCUT2D eigenvalue weighted by Gasteiger charge is -2.25. The molecule has 1 aliphatic carbocycles. The Morgan fingerprint density at radius 2 is 1.82 bits per heavy atom. The minimum atomic E-state index is -0.293. The van der Waals surface area contributed by atoms with Gasteiger partial charge in [0.2, 0.25) is 5.95 Å². The van der Waals surface area contributed by atoms with E-state index in [1.165, 1.54) is 17.2 Å². The number of amides is 1. The lowest BCUT2D eigenvalue weighted by Crippen LogP contribution is -2.39. The third-order valence-electron chi connectivity index (χ3n) is 4.81. The highest BCUT2D eigenvalue weighted by atomic mass is 16.3. The Labute approximate surface area is 162 Å². The number of anilines is 3. The van der Waals surface area contributed by atoms with Crippen molar-refractivity contribution in [2.24, 2.45) is 0 Å². The van der Waals surface area contributed by atoms with Gasteiger partial charge in [0, 0.05) is 12.1 Å². The smallest absolute Gasteiger partial charge is 0.270 e. The number of fused-ring (bicyclic) bond motifs is 1. The zero-order valence-corrected chi connectivity index (χ0v) is 15.2. The number of rotatable bonds is 4. The lowest BCUT2D eigenvalue weighted by molar-refractivity contribution is 0.0928. The summed E-state index contributed by atoms with van der Waals surface area (Å²) in [6.07, 6.45) is 2.62. The minimum absolute atomic E-state index is 0.0492. The van der Waals surface area contributed by atoms with Crippen molar-refractivity contribution in [3.05, 3.63) is 71.4 Å². The number of nitrogens with one attached hydrogen (secondary N) is 2. The summed E-state index contributed by atoms with van der Waals surface area (Å²) in [6.45, 7) is 0. The topological polar surface area (TPSA) is 113 Å². The molecular weight excluding hydrogens is 354 g/mol. The van der Waals surface area contributed by atoms with Crippen LogP contribution >= 0.6 is 0 Å².